The number of rotatable bonds is 3. The lowest BCUT2D eigenvalue weighted by molar-refractivity contribution is 0.385. The highest BCUT2D eigenvalue weighted by Gasteiger charge is 2.05. The fourth-order valence-electron chi connectivity index (χ4n) is 2.76. The molecule has 0 aromatic heterocycles. The van der Waals surface area contributed by atoms with Crippen LogP contribution in [-0.4, -0.2) is 0 Å². The topological polar surface area (TPSA) is 9.23 Å². The smallest absolute Gasteiger partial charge is 0.127 e. The summed E-state index contributed by atoms with van der Waals surface area (Å²) in [7, 11) is 0. The summed E-state index contributed by atoms with van der Waals surface area (Å²) < 4.78 is 5.72. The maximum Gasteiger partial charge on any atom is 0.127 e. The molecule has 26 heavy (non-hydrogen) atoms. The van der Waals surface area contributed by atoms with Gasteiger partial charge in [-0.3, -0.25) is 0 Å². The van der Waals surface area contributed by atoms with Crippen molar-refractivity contribution in [2.75, 3.05) is 0 Å². The van der Waals surface area contributed by atoms with Gasteiger partial charge in [0.15, 0.2) is 0 Å². The Balaban J connectivity index is 0.000000477. The molecule has 1 nitrogen and oxygen atoms in total. The van der Waals surface area contributed by atoms with Crippen LogP contribution in [0.3, 0.4) is 0 Å². The number of ether oxygens (including phenoxy) is 1. The lowest BCUT2D eigenvalue weighted by Crippen LogP contribution is -1.99. The van der Waals surface area contributed by atoms with Gasteiger partial charge in [-0.15, -0.1) is 0 Å². The molecule has 0 amide bonds. The van der Waals surface area contributed by atoms with E-state index in [1.54, 1.807) is 0 Å². The standard InChI is InChI=1S/C14H14O.C7H14.2C2H6/c1-2-12-7-6-10-14(11-12)15-13-8-4-3-5-9-13;1-7-5-3-2-4-6-7;2*1-2/h3-11H,2H2,1H3;7H,2-6H2,1H3;2*1-2H3. The molecule has 0 atom stereocenters. The molecule has 0 saturated heterocycles. The first-order chi connectivity index (χ1) is 12.8. The van der Waals surface area contributed by atoms with Crippen molar-refractivity contribution in [3.05, 3.63) is 60.2 Å². The minimum atomic E-state index is 0.880. The molecule has 1 aliphatic carbocycles. The summed E-state index contributed by atoms with van der Waals surface area (Å²) in [6.07, 6.45) is 8.47. The Morgan fingerprint density at radius 1 is 0.769 bits per heavy atom. The Labute approximate surface area is 162 Å². The first-order valence-corrected chi connectivity index (χ1v) is 10.6. The second-order valence-electron chi connectivity index (χ2n) is 6.16. The molecule has 1 fully saturated rings. The van der Waals surface area contributed by atoms with Gasteiger partial charge in [0.2, 0.25) is 0 Å². The van der Waals surface area contributed by atoms with E-state index >= 15 is 0 Å². The molecule has 0 bridgehead atoms. The fraction of sp³-hybridized carbons (Fsp3) is 0.520. The molecule has 0 aliphatic heterocycles. The Morgan fingerprint density at radius 2 is 1.35 bits per heavy atom. The highest BCUT2D eigenvalue weighted by molar-refractivity contribution is 5.33. The van der Waals surface area contributed by atoms with Crippen molar-refractivity contribution in [3.63, 3.8) is 0 Å². The highest BCUT2D eigenvalue weighted by atomic mass is 16.5. The summed E-state index contributed by atoms with van der Waals surface area (Å²) in [6.45, 7) is 12.5. The van der Waals surface area contributed by atoms with Crippen molar-refractivity contribution in [3.8, 4) is 11.5 Å². The Kier molecular flexibility index (Phi) is 15.6. The fourth-order valence-corrected chi connectivity index (χ4v) is 2.76. The third kappa shape index (κ3) is 11.0. The van der Waals surface area contributed by atoms with Crippen LogP contribution in [0.15, 0.2) is 54.6 Å². The van der Waals surface area contributed by atoms with Gasteiger partial charge in [-0.05, 0) is 42.2 Å². The van der Waals surface area contributed by atoms with Gasteiger partial charge < -0.3 is 4.74 Å². The van der Waals surface area contributed by atoms with Crippen LogP contribution in [0.1, 0.15) is 79.2 Å². The molecule has 2 aromatic rings. The second-order valence-corrected chi connectivity index (χ2v) is 6.16. The minimum Gasteiger partial charge on any atom is -0.457 e. The average molecular weight is 357 g/mol. The Hall–Kier alpha value is -1.76. The number of hydrogen-bond acceptors (Lipinski definition) is 1. The molecule has 0 heterocycles. The zero-order valence-corrected chi connectivity index (χ0v) is 17.9. The van der Waals surface area contributed by atoms with Gasteiger partial charge in [-0.25, -0.2) is 0 Å². The van der Waals surface area contributed by atoms with E-state index in [0.717, 1.165) is 23.8 Å². The van der Waals surface area contributed by atoms with E-state index in [0.29, 0.717) is 0 Å². The lowest BCUT2D eigenvalue weighted by Gasteiger charge is -2.15. The molecule has 3 rings (SSSR count). The normalized spacial score (nSPS) is 13.0. The minimum absolute atomic E-state index is 0.880. The molecule has 0 radical (unpaired) electrons. The highest BCUT2D eigenvalue weighted by Crippen LogP contribution is 2.22. The quantitative estimate of drug-likeness (QED) is 0.534. The molecular weight excluding hydrogens is 316 g/mol. The summed E-state index contributed by atoms with van der Waals surface area (Å²) in [6, 6.07) is 18.0. The van der Waals surface area contributed by atoms with E-state index in [2.05, 4.69) is 26.0 Å². The number of benzene rings is 2. The van der Waals surface area contributed by atoms with Crippen molar-refractivity contribution in [1.82, 2.24) is 0 Å². The van der Waals surface area contributed by atoms with E-state index < -0.39 is 0 Å². The molecule has 146 valence electrons. The molecule has 2 aromatic carbocycles. The van der Waals surface area contributed by atoms with Crippen molar-refractivity contribution in [1.29, 1.82) is 0 Å². The third-order valence-corrected chi connectivity index (χ3v) is 4.18. The molecule has 1 saturated carbocycles. The van der Waals surface area contributed by atoms with E-state index in [1.165, 1.54) is 37.7 Å². The Morgan fingerprint density at radius 3 is 1.85 bits per heavy atom. The zero-order valence-electron chi connectivity index (χ0n) is 17.9. The van der Waals surface area contributed by atoms with Crippen LogP contribution in [0, 0.1) is 5.92 Å². The number of aryl methyl sites for hydroxylation is 1. The van der Waals surface area contributed by atoms with Crippen LogP contribution in [0.2, 0.25) is 0 Å². The third-order valence-electron chi connectivity index (χ3n) is 4.18. The van der Waals surface area contributed by atoms with Gasteiger partial charge >= 0.3 is 0 Å². The second kappa shape index (κ2) is 16.7. The van der Waals surface area contributed by atoms with Crippen molar-refractivity contribution >= 4 is 0 Å². The van der Waals surface area contributed by atoms with E-state index in [-0.39, 0.29) is 0 Å². The van der Waals surface area contributed by atoms with Gasteiger partial charge in [-0.1, -0.05) is 104 Å². The van der Waals surface area contributed by atoms with E-state index in [9.17, 15) is 0 Å². The van der Waals surface area contributed by atoms with Crippen molar-refractivity contribution in [2.24, 2.45) is 5.92 Å². The van der Waals surface area contributed by atoms with Crippen LogP contribution >= 0.6 is 0 Å². The van der Waals surface area contributed by atoms with E-state index in [1.807, 2.05) is 70.2 Å². The molecular formula is C25H40O. The summed E-state index contributed by atoms with van der Waals surface area (Å²) in [5.74, 6) is 2.82. The molecule has 0 N–H and O–H groups in total. The lowest BCUT2D eigenvalue weighted by atomic mass is 9.91. The first kappa shape index (κ1) is 24.2. The predicted molar refractivity (Wildman–Crippen MR) is 117 cm³/mol. The predicted octanol–water partition coefficient (Wildman–Crippen LogP) is 8.68. The monoisotopic (exact) mass is 356 g/mol. The van der Waals surface area contributed by atoms with E-state index in [4.69, 9.17) is 4.74 Å². The zero-order chi connectivity index (χ0) is 19.6. The van der Waals surface area contributed by atoms with Crippen LogP contribution in [0.25, 0.3) is 0 Å². The SMILES string of the molecule is CC.CC.CC1CCCCC1.CCc1cccc(Oc2ccccc2)c1. The van der Waals surface area contributed by atoms with Crippen LogP contribution in [0.4, 0.5) is 0 Å². The first-order valence-electron chi connectivity index (χ1n) is 10.6. The van der Waals surface area contributed by atoms with Gasteiger partial charge in [-0.2, -0.15) is 0 Å². The largest absolute Gasteiger partial charge is 0.457 e. The van der Waals surface area contributed by atoms with Gasteiger partial charge in [0.05, 0.1) is 0 Å². The molecule has 1 aliphatic rings. The maximum absolute atomic E-state index is 5.72. The summed E-state index contributed by atoms with van der Waals surface area (Å²) in [5.41, 5.74) is 1.29. The maximum atomic E-state index is 5.72. The van der Waals surface area contributed by atoms with Crippen molar-refractivity contribution < 1.29 is 4.74 Å². The summed E-state index contributed by atoms with van der Waals surface area (Å²) in [4.78, 5) is 0. The molecule has 0 spiro atoms. The van der Waals surface area contributed by atoms with Gasteiger partial charge in [0, 0.05) is 0 Å². The molecule has 1 heteroatoms. The van der Waals surface area contributed by atoms with Crippen molar-refractivity contribution in [2.45, 2.75) is 80.1 Å². The molecule has 0 unspecified atom stereocenters. The van der Waals surface area contributed by atoms with Gasteiger partial charge in [0.25, 0.3) is 0 Å². The number of para-hydroxylation sites is 1. The Bertz CT molecular complexity index is 527. The summed E-state index contributed by atoms with van der Waals surface area (Å²) in [5, 5.41) is 0. The average Bonchev–Trinajstić information content (AvgIpc) is 2.73. The summed E-state index contributed by atoms with van der Waals surface area (Å²) >= 11 is 0. The van der Waals surface area contributed by atoms with Gasteiger partial charge in [0.1, 0.15) is 11.5 Å². The number of hydrogen-bond donors (Lipinski definition) is 0. The van der Waals surface area contributed by atoms with Crippen LogP contribution in [0.5, 0.6) is 11.5 Å². The van der Waals surface area contributed by atoms with Crippen LogP contribution in [-0.2, 0) is 6.42 Å². The van der Waals surface area contributed by atoms with Crippen LogP contribution < -0.4 is 4.74 Å².